The Balaban J connectivity index is 1.82. The monoisotopic (exact) mass is 492 g/mol. The number of carbonyl (C=O) groups is 1. The van der Waals surface area contributed by atoms with Crippen LogP contribution in [0.1, 0.15) is 32.9 Å². The van der Waals surface area contributed by atoms with Crippen LogP contribution < -0.4 is 4.74 Å². The van der Waals surface area contributed by atoms with Crippen LogP contribution in [0.5, 0.6) is 5.75 Å². The molecule has 0 aliphatic rings. The molecule has 0 spiro atoms. The Morgan fingerprint density at radius 1 is 1.11 bits per heavy atom. The van der Waals surface area contributed by atoms with Gasteiger partial charge in [-0.1, -0.05) is 12.2 Å². The number of nitrogens with zero attached hydrogens (tertiary/aromatic N) is 1. The summed E-state index contributed by atoms with van der Waals surface area (Å²) >= 11 is 6.88. The van der Waals surface area contributed by atoms with E-state index in [-0.39, 0.29) is 5.56 Å². The van der Waals surface area contributed by atoms with E-state index < -0.39 is 11.8 Å². The molecule has 2 aromatic carbocycles. The van der Waals surface area contributed by atoms with Crippen molar-refractivity contribution >= 4 is 50.0 Å². The van der Waals surface area contributed by atoms with Crippen molar-refractivity contribution in [2.24, 2.45) is 0 Å². The Labute approximate surface area is 172 Å². The molecule has 0 saturated heterocycles. The lowest BCUT2D eigenvalue weighted by Gasteiger charge is -2.10. The molecule has 0 fully saturated rings. The fourth-order valence-electron chi connectivity index (χ4n) is 2.50. The van der Waals surface area contributed by atoms with Crippen LogP contribution in [0.25, 0.3) is 12.2 Å². The van der Waals surface area contributed by atoms with E-state index in [4.69, 9.17) is 4.74 Å². The molecular formula is C20H15Br2FN2O2. The summed E-state index contributed by atoms with van der Waals surface area (Å²) in [6.07, 6.45) is 3.93. The molecule has 0 radical (unpaired) electrons. The number of benzene rings is 2. The van der Waals surface area contributed by atoms with Gasteiger partial charge in [-0.3, -0.25) is 5.10 Å². The molecule has 0 aliphatic carbocycles. The molecule has 0 amide bonds. The molecule has 3 rings (SSSR count). The van der Waals surface area contributed by atoms with Gasteiger partial charge in [-0.2, -0.15) is 5.10 Å². The Hall–Kier alpha value is -2.25. The van der Waals surface area contributed by atoms with Gasteiger partial charge in [0.1, 0.15) is 5.82 Å². The van der Waals surface area contributed by atoms with Gasteiger partial charge in [0, 0.05) is 11.3 Å². The second-order valence-electron chi connectivity index (χ2n) is 5.89. The predicted molar refractivity (Wildman–Crippen MR) is 110 cm³/mol. The van der Waals surface area contributed by atoms with Crippen molar-refractivity contribution in [3.8, 4) is 5.75 Å². The van der Waals surface area contributed by atoms with Crippen molar-refractivity contribution in [3.05, 3.63) is 79.2 Å². The van der Waals surface area contributed by atoms with Gasteiger partial charge in [0.05, 0.1) is 20.2 Å². The second-order valence-corrected chi connectivity index (χ2v) is 7.60. The third-order valence-corrected chi connectivity index (χ3v) is 5.10. The summed E-state index contributed by atoms with van der Waals surface area (Å²) in [5.41, 5.74) is 4.13. The van der Waals surface area contributed by atoms with E-state index in [9.17, 15) is 9.18 Å². The number of halogens is 3. The quantitative estimate of drug-likeness (QED) is 0.354. The molecular weight excluding hydrogens is 479 g/mol. The first-order valence-electron chi connectivity index (χ1n) is 8.01. The minimum atomic E-state index is -0.565. The van der Waals surface area contributed by atoms with Gasteiger partial charge in [-0.25, -0.2) is 9.18 Å². The number of carbonyl (C=O) groups excluding carboxylic acids is 1. The summed E-state index contributed by atoms with van der Waals surface area (Å²) in [6.45, 7) is 3.90. The van der Waals surface area contributed by atoms with Crippen LogP contribution in [-0.2, 0) is 0 Å². The zero-order chi connectivity index (χ0) is 19.6. The lowest BCUT2D eigenvalue weighted by molar-refractivity contribution is 0.0732. The molecule has 4 nitrogen and oxygen atoms in total. The average Bonchev–Trinajstić information content (AvgIpc) is 2.95. The molecule has 138 valence electrons. The number of hydrogen-bond acceptors (Lipinski definition) is 3. The lowest BCUT2D eigenvalue weighted by atomic mass is 10.1. The van der Waals surface area contributed by atoms with Crippen molar-refractivity contribution in [2.45, 2.75) is 13.8 Å². The zero-order valence-corrected chi connectivity index (χ0v) is 17.7. The maximum atomic E-state index is 13.0. The maximum absolute atomic E-state index is 13.0. The number of nitrogens with one attached hydrogen (secondary N) is 1. The fourth-order valence-corrected chi connectivity index (χ4v) is 3.88. The van der Waals surface area contributed by atoms with E-state index in [0.717, 1.165) is 22.5 Å². The number of ether oxygens (including phenoxy) is 1. The van der Waals surface area contributed by atoms with Gasteiger partial charge in [0.25, 0.3) is 0 Å². The predicted octanol–water partition coefficient (Wildman–Crippen LogP) is 6.08. The molecule has 0 unspecified atom stereocenters. The molecule has 27 heavy (non-hydrogen) atoms. The first kappa shape index (κ1) is 19.5. The first-order valence-corrected chi connectivity index (χ1v) is 9.60. The lowest BCUT2D eigenvalue weighted by Crippen LogP contribution is -2.09. The number of hydrogen-bond donors (Lipinski definition) is 1. The third kappa shape index (κ3) is 4.54. The summed E-state index contributed by atoms with van der Waals surface area (Å²) in [5, 5.41) is 7.11. The summed E-state index contributed by atoms with van der Waals surface area (Å²) < 4.78 is 19.7. The zero-order valence-electron chi connectivity index (χ0n) is 14.5. The molecule has 1 aromatic heterocycles. The van der Waals surface area contributed by atoms with Crippen molar-refractivity contribution in [1.29, 1.82) is 0 Å². The Bertz CT molecular complexity index is 984. The largest absolute Gasteiger partial charge is 0.421 e. The normalized spacial score (nSPS) is 11.1. The number of esters is 1. The highest BCUT2D eigenvalue weighted by atomic mass is 79.9. The third-order valence-electron chi connectivity index (χ3n) is 3.92. The van der Waals surface area contributed by atoms with Gasteiger partial charge in [-0.15, -0.1) is 0 Å². The van der Waals surface area contributed by atoms with Crippen LogP contribution in [0, 0.1) is 19.7 Å². The minimum absolute atomic E-state index is 0.269. The Morgan fingerprint density at radius 3 is 2.30 bits per heavy atom. The van der Waals surface area contributed by atoms with Crippen LogP contribution in [0.3, 0.4) is 0 Å². The number of aryl methyl sites for hydroxylation is 2. The molecule has 1 N–H and O–H groups in total. The molecule has 0 saturated carbocycles. The smallest absolute Gasteiger partial charge is 0.343 e. The van der Waals surface area contributed by atoms with E-state index >= 15 is 0 Å². The highest BCUT2D eigenvalue weighted by molar-refractivity contribution is 9.11. The minimum Gasteiger partial charge on any atom is -0.421 e. The van der Waals surface area contributed by atoms with E-state index in [1.165, 1.54) is 24.3 Å². The molecule has 3 aromatic rings. The molecule has 0 atom stereocenters. The number of aromatic amines is 1. The van der Waals surface area contributed by atoms with Crippen molar-refractivity contribution in [1.82, 2.24) is 10.2 Å². The van der Waals surface area contributed by atoms with Crippen molar-refractivity contribution in [2.75, 3.05) is 0 Å². The van der Waals surface area contributed by atoms with Crippen LogP contribution >= 0.6 is 31.9 Å². The van der Waals surface area contributed by atoms with Gasteiger partial charge in [0.15, 0.2) is 5.75 Å². The fraction of sp³-hybridized carbons (Fsp3) is 0.100. The molecule has 7 heteroatoms. The van der Waals surface area contributed by atoms with Gasteiger partial charge >= 0.3 is 5.97 Å². The van der Waals surface area contributed by atoms with Crippen LogP contribution in [0.4, 0.5) is 4.39 Å². The standard InChI is InChI=1S/C20H15Br2FN2O2/c1-11-16(12(2)25-24-11)8-3-13-9-17(21)19(18(22)10-13)27-20(26)14-4-6-15(23)7-5-14/h3-10H,1-2H3,(H,24,25)/b8-3+. The van der Waals surface area contributed by atoms with Crippen LogP contribution in [-0.4, -0.2) is 16.2 Å². The second kappa shape index (κ2) is 8.19. The van der Waals surface area contributed by atoms with E-state index in [2.05, 4.69) is 42.1 Å². The van der Waals surface area contributed by atoms with Crippen LogP contribution in [0.2, 0.25) is 0 Å². The summed E-state index contributed by atoms with van der Waals surface area (Å²) in [5.74, 6) is -0.616. The highest BCUT2D eigenvalue weighted by Crippen LogP contribution is 2.36. The average molecular weight is 494 g/mol. The summed E-state index contributed by atoms with van der Waals surface area (Å²) in [6, 6.07) is 8.89. The van der Waals surface area contributed by atoms with Gasteiger partial charge < -0.3 is 4.74 Å². The number of aromatic nitrogens is 2. The number of H-pyrrole nitrogens is 1. The molecule has 1 heterocycles. The Kier molecular flexibility index (Phi) is 5.92. The van der Waals surface area contributed by atoms with Crippen molar-refractivity contribution < 1.29 is 13.9 Å². The van der Waals surface area contributed by atoms with Crippen LogP contribution in [0.15, 0.2) is 45.3 Å². The first-order chi connectivity index (χ1) is 12.8. The van der Waals surface area contributed by atoms with Gasteiger partial charge in [-0.05, 0) is 87.7 Å². The topological polar surface area (TPSA) is 55.0 Å². The van der Waals surface area contributed by atoms with Crippen molar-refractivity contribution in [3.63, 3.8) is 0 Å². The van der Waals surface area contributed by atoms with E-state index in [1.54, 1.807) is 0 Å². The Morgan fingerprint density at radius 2 is 1.74 bits per heavy atom. The van der Waals surface area contributed by atoms with Gasteiger partial charge in [0.2, 0.25) is 0 Å². The summed E-state index contributed by atoms with van der Waals surface area (Å²) in [4.78, 5) is 12.3. The molecule has 0 bridgehead atoms. The van der Waals surface area contributed by atoms with E-state index in [1.807, 2.05) is 38.1 Å². The van der Waals surface area contributed by atoms with E-state index in [0.29, 0.717) is 14.7 Å². The molecule has 0 aliphatic heterocycles. The maximum Gasteiger partial charge on any atom is 0.343 e. The SMILES string of the molecule is Cc1n[nH]c(C)c1/C=C/c1cc(Br)c(OC(=O)c2ccc(F)cc2)c(Br)c1. The number of rotatable bonds is 4. The highest BCUT2D eigenvalue weighted by Gasteiger charge is 2.15. The summed E-state index contributed by atoms with van der Waals surface area (Å²) in [7, 11) is 0.